The number of para-hydroxylation sites is 2. The maximum atomic E-state index is 5.39. The molecular weight excluding hydrogens is 687 g/mol. The summed E-state index contributed by atoms with van der Waals surface area (Å²) in [6, 6.07) is 27.4. The molecule has 5 aromatic rings. The first-order valence-corrected chi connectivity index (χ1v) is 20.9. The van der Waals surface area contributed by atoms with Crippen LogP contribution in [0.5, 0.6) is 0 Å². The topological polar surface area (TPSA) is 43.2 Å². The fraction of sp³-hybridized carbons (Fsp3) is 0.429. The highest BCUT2D eigenvalue weighted by molar-refractivity contribution is 5.77. The number of fused-ring (bicyclic) bond motifs is 9. The number of rotatable bonds is 4. The third-order valence-electron chi connectivity index (χ3n) is 13.2. The molecule has 4 aliphatic rings. The minimum Gasteiger partial charge on any atom is -0.353 e. The summed E-state index contributed by atoms with van der Waals surface area (Å²) >= 11 is 0. The second kappa shape index (κ2) is 13.3. The highest BCUT2D eigenvalue weighted by Crippen LogP contribution is 2.54. The molecule has 3 aromatic carbocycles. The highest BCUT2D eigenvalue weighted by Gasteiger charge is 2.49. The summed E-state index contributed by atoms with van der Waals surface area (Å²) in [6.45, 7) is 25.2. The minimum absolute atomic E-state index is 0.0713. The Balaban J connectivity index is 1.13. The van der Waals surface area contributed by atoms with E-state index in [0.717, 1.165) is 55.8 Å². The normalized spacial score (nSPS) is 21.1. The zero-order chi connectivity index (χ0) is 39.3. The second-order valence-electron chi connectivity index (χ2n) is 18.6. The van der Waals surface area contributed by atoms with Gasteiger partial charge in [0.05, 0.1) is 17.3 Å². The molecule has 9 rings (SSSR count). The molecule has 4 aliphatic heterocycles. The Morgan fingerprint density at radius 2 is 1.25 bits per heavy atom. The van der Waals surface area contributed by atoms with Crippen LogP contribution in [0, 0.1) is 0 Å². The van der Waals surface area contributed by atoms with Crippen molar-refractivity contribution in [2.45, 2.75) is 124 Å². The van der Waals surface area contributed by atoms with Gasteiger partial charge in [-0.1, -0.05) is 102 Å². The van der Waals surface area contributed by atoms with Crippen LogP contribution in [0.25, 0.3) is 16.9 Å². The average Bonchev–Trinajstić information content (AvgIpc) is 3.87. The first-order valence-electron chi connectivity index (χ1n) is 20.9. The maximum absolute atomic E-state index is 5.39. The van der Waals surface area contributed by atoms with E-state index in [0.29, 0.717) is 0 Å². The van der Waals surface area contributed by atoms with E-state index in [1.165, 1.54) is 62.1 Å². The molecule has 0 fully saturated rings. The van der Waals surface area contributed by atoms with Gasteiger partial charge in [0, 0.05) is 76.0 Å². The van der Waals surface area contributed by atoms with E-state index >= 15 is 0 Å². The first kappa shape index (κ1) is 36.6. The van der Waals surface area contributed by atoms with Crippen molar-refractivity contribution < 1.29 is 0 Å². The molecule has 6 heterocycles. The van der Waals surface area contributed by atoms with Crippen LogP contribution in [0.3, 0.4) is 0 Å². The summed E-state index contributed by atoms with van der Waals surface area (Å²) in [5, 5.41) is 0. The number of hydrogen-bond acceptors (Lipinski definition) is 6. The maximum Gasteiger partial charge on any atom is 0.164 e. The Kier molecular flexibility index (Phi) is 8.68. The zero-order valence-corrected chi connectivity index (χ0v) is 35.2. The van der Waals surface area contributed by atoms with Gasteiger partial charge in [-0.3, -0.25) is 9.38 Å². The standard InChI is InChI=1S/C49H59N7/c1-31-33(3)55-39-23-15-13-21-37(39)42-38-22-14-16-24-40(38)56-34(4)32(2)53(47(42)56)29-18-17-28-52(31)41(55)26-25-35-19-11-12-20-36(35)43-46-51-44(48(5,6)7)45(49(8,9)10)54(46)30-27-50-43/h11-16,19-24,27,30,41-42,47H,17-18,25-26,28-29H2,1-10H3/t41?,42-,47?/m0/s1. The predicted octanol–water partition coefficient (Wildman–Crippen LogP) is 11.0. The Morgan fingerprint density at radius 1 is 0.661 bits per heavy atom. The van der Waals surface area contributed by atoms with Gasteiger partial charge in [-0.15, -0.1) is 0 Å². The van der Waals surface area contributed by atoms with Crippen LogP contribution in [-0.2, 0) is 17.3 Å². The molecule has 0 radical (unpaired) electrons. The fourth-order valence-electron chi connectivity index (χ4n) is 10.4. The number of allylic oxidation sites excluding steroid dienone is 4. The summed E-state index contributed by atoms with van der Waals surface area (Å²) in [4.78, 5) is 21.2. The van der Waals surface area contributed by atoms with Gasteiger partial charge in [-0.25, -0.2) is 4.98 Å². The number of aromatic nitrogens is 3. The summed E-state index contributed by atoms with van der Waals surface area (Å²) in [6.07, 6.45) is 8.74. The molecule has 0 saturated heterocycles. The van der Waals surface area contributed by atoms with Gasteiger partial charge in [0.25, 0.3) is 0 Å². The first-order chi connectivity index (χ1) is 26.8. The van der Waals surface area contributed by atoms with Crippen LogP contribution in [0.1, 0.15) is 122 Å². The second-order valence-corrected chi connectivity index (χ2v) is 18.6. The number of benzene rings is 3. The molecule has 56 heavy (non-hydrogen) atoms. The molecule has 0 N–H and O–H groups in total. The monoisotopic (exact) mass is 745 g/mol. The van der Waals surface area contributed by atoms with Gasteiger partial charge in [-0.2, -0.15) is 0 Å². The number of anilines is 2. The molecule has 0 aliphatic carbocycles. The zero-order valence-electron chi connectivity index (χ0n) is 35.2. The molecule has 2 unspecified atom stereocenters. The molecule has 3 atom stereocenters. The van der Waals surface area contributed by atoms with Crippen molar-refractivity contribution in [2.24, 2.45) is 0 Å². The van der Waals surface area contributed by atoms with Crippen molar-refractivity contribution in [2.75, 3.05) is 22.9 Å². The Labute approximate surface area is 334 Å². The van der Waals surface area contributed by atoms with Crippen LogP contribution >= 0.6 is 0 Å². The number of imidazole rings is 1. The van der Waals surface area contributed by atoms with Gasteiger partial charge >= 0.3 is 0 Å². The van der Waals surface area contributed by atoms with E-state index in [4.69, 9.17) is 9.97 Å². The Morgan fingerprint density at radius 3 is 1.93 bits per heavy atom. The smallest absolute Gasteiger partial charge is 0.164 e. The summed E-state index contributed by atoms with van der Waals surface area (Å²) in [5.74, 6) is 0.231. The van der Waals surface area contributed by atoms with E-state index in [1.54, 1.807) is 0 Å². The quantitative estimate of drug-likeness (QED) is 0.183. The fourth-order valence-corrected chi connectivity index (χ4v) is 10.4. The highest BCUT2D eigenvalue weighted by atomic mass is 15.4. The third-order valence-corrected chi connectivity index (χ3v) is 13.2. The molecule has 0 amide bonds. The van der Waals surface area contributed by atoms with Crippen molar-refractivity contribution in [3.63, 3.8) is 0 Å². The van der Waals surface area contributed by atoms with E-state index < -0.39 is 0 Å². The number of nitrogens with zero attached hydrogens (tertiary/aromatic N) is 7. The van der Waals surface area contributed by atoms with E-state index in [2.05, 4.69) is 172 Å². The van der Waals surface area contributed by atoms with Crippen molar-refractivity contribution in [1.82, 2.24) is 24.2 Å². The van der Waals surface area contributed by atoms with Crippen molar-refractivity contribution >= 4 is 17.0 Å². The lowest BCUT2D eigenvalue weighted by Gasteiger charge is -2.39. The van der Waals surface area contributed by atoms with Crippen molar-refractivity contribution in [1.29, 1.82) is 0 Å². The van der Waals surface area contributed by atoms with Crippen LogP contribution in [0.4, 0.5) is 11.4 Å². The average molecular weight is 746 g/mol. The van der Waals surface area contributed by atoms with E-state index in [-0.39, 0.29) is 29.1 Å². The lowest BCUT2D eigenvalue weighted by molar-refractivity contribution is 0.232. The van der Waals surface area contributed by atoms with E-state index in [1.807, 2.05) is 6.20 Å². The van der Waals surface area contributed by atoms with Crippen LogP contribution in [0.2, 0.25) is 0 Å². The molecule has 7 nitrogen and oxygen atoms in total. The summed E-state index contributed by atoms with van der Waals surface area (Å²) in [5.41, 5.74) is 17.8. The van der Waals surface area contributed by atoms with Crippen LogP contribution < -0.4 is 9.80 Å². The van der Waals surface area contributed by atoms with Gasteiger partial charge in [0.1, 0.15) is 18.0 Å². The minimum atomic E-state index is -0.0939. The molecule has 0 saturated carbocycles. The van der Waals surface area contributed by atoms with Crippen molar-refractivity contribution in [3.05, 3.63) is 136 Å². The van der Waals surface area contributed by atoms with E-state index in [9.17, 15) is 0 Å². The van der Waals surface area contributed by atoms with Crippen LogP contribution in [0.15, 0.2) is 108 Å². The van der Waals surface area contributed by atoms with Crippen molar-refractivity contribution in [3.8, 4) is 11.3 Å². The molecule has 7 heteroatoms. The predicted molar refractivity (Wildman–Crippen MR) is 231 cm³/mol. The van der Waals surface area contributed by atoms with Crippen LogP contribution in [-0.4, -0.2) is 49.6 Å². The number of aryl methyl sites for hydroxylation is 1. The molecule has 2 aromatic heterocycles. The third kappa shape index (κ3) is 5.59. The lowest BCUT2D eigenvalue weighted by Crippen LogP contribution is -2.45. The summed E-state index contributed by atoms with van der Waals surface area (Å²) < 4.78 is 2.31. The van der Waals surface area contributed by atoms with Gasteiger partial charge in [-0.05, 0) is 82.2 Å². The van der Waals surface area contributed by atoms with Gasteiger partial charge < -0.3 is 19.6 Å². The SMILES string of the molecule is CC1=C(C)N2c3ccccc3[C@H]3c4ccccc4N4C(C)=C(C)N(CCCCN1C2CCc1ccccc1-c1nccn2c(C(C)(C)C)c(C(C)(C)C)nc12)C34. The largest absolute Gasteiger partial charge is 0.353 e. The lowest BCUT2D eigenvalue weighted by atomic mass is 9.82. The molecule has 290 valence electrons. The summed E-state index contributed by atoms with van der Waals surface area (Å²) in [7, 11) is 0. The Bertz CT molecular complexity index is 2400. The Hall–Kier alpha value is -5.04. The van der Waals surface area contributed by atoms with Gasteiger partial charge in [0.15, 0.2) is 5.65 Å². The molecule has 2 bridgehead atoms. The van der Waals surface area contributed by atoms with Gasteiger partial charge in [0.2, 0.25) is 0 Å². The number of hydrogen-bond donors (Lipinski definition) is 0. The molecule has 0 spiro atoms. The molecular formula is C49H59N7.